The van der Waals surface area contributed by atoms with Crippen molar-refractivity contribution in [1.82, 2.24) is 15.6 Å². The van der Waals surface area contributed by atoms with E-state index in [1.165, 1.54) is 0 Å². The predicted octanol–water partition coefficient (Wildman–Crippen LogP) is 1.66. The van der Waals surface area contributed by atoms with Gasteiger partial charge in [0, 0.05) is 24.5 Å². The fourth-order valence-electron chi connectivity index (χ4n) is 2.04. The van der Waals surface area contributed by atoms with Crippen molar-refractivity contribution in [1.29, 1.82) is 0 Å². The molecule has 0 aliphatic carbocycles. The average molecular weight is 326 g/mol. The van der Waals surface area contributed by atoms with Crippen LogP contribution in [0.15, 0.2) is 22.6 Å². The monoisotopic (exact) mass is 326 g/mol. The molecule has 0 aromatic carbocycles. The number of morpholine rings is 1. The van der Waals surface area contributed by atoms with E-state index in [-0.39, 0.29) is 0 Å². The minimum atomic E-state index is 0.577. The van der Waals surface area contributed by atoms with Gasteiger partial charge in [0.1, 0.15) is 0 Å². The molecule has 116 valence electrons. The van der Waals surface area contributed by atoms with E-state index in [0.29, 0.717) is 5.11 Å². The van der Waals surface area contributed by atoms with E-state index >= 15 is 0 Å². The van der Waals surface area contributed by atoms with Gasteiger partial charge in [-0.15, -0.1) is 11.3 Å². The summed E-state index contributed by atoms with van der Waals surface area (Å²) in [6.07, 6.45) is 1.06. The maximum Gasteiger partial charge on any atom is 0.186 e. The van der Waals surface area contributed by atoms with Gasteiger partial charge >= 0.3 is 0 Å². The minimum Gasteiger partial charge on any atom is -0.379 e. The average Bonchev–Trinajstić information content (AvgIpc) is 3.05. The van der Waals surface area contributed by atoms with Gasteiger partial charge in [-0.05, 0) is 43.6 Å². The van der Waals surface area contributed by atoms with Crippen molar-refractivity contribution in [2.75, 3.05) is 39.4 Å². The molecule has 1 aromatic heterocycles. The molecular formula is C14H22N4OS2. The lowest BCUT2D eigenvalue weighted by Crippen LogP contribution is -2.39. The van der Waals surface area contributed by atoms with Crippen LogP contribution in [0.5, 0.6) is 0 Å². The predicted molar refractivity (Wildman–Crippen MR) is 92.1 cm³/mol. The highest BCUT2D eigenvalue weighted by Crippen LogP contribution is 2.09. The van der Waals surface area contributed by atoms with Gasteiger partial charge in [0.15, 0.2) is 5.11 Å². The van der Waals surface area contributed by atoms with Crippen molar-refractivity contribution < 1.29 is 4.74 Å². The van der Waals surface area contributed by atoms with E-state index in [9.17, 15) is 0 Å². The molecule has 5 nitrogen and oxygen atoms in total. The largest absolute Gasteiger partial charge is 0.379 e. The lowest BCUT2D eigenvalue weighted by Gasteiger charge is -2.26. The van der Waals surface area contributed by atoms with E-state index < -0.39 is 0 Å². The number of thiocarbonyl (C=S) groups is 1. The maximum absolute atomic E-state index is 5.33. The van der Waals surface area contributed by atoms with Gasteiger partial charge in [-0.3, -0.25) is 10.3 Å². The molecule has 21 heavy (non-hydrogen) atoms. The molecule has 1 aliphatic heterocycles. The summed E-state index contributed by atoms with van der Waals surface area (Å²) in [5.74, 6) is 0. The highest BCUT2D eigenvalue weighted by molar-refractivity contribution is 7.80. The number of hydrazone groups is 1. The maximum atomic E-state index is 5.33. The second kappa shape index (κ2) is 9.09. The highest BCUT2D eigenvalue weighted by Gasteiger charge is 2.09. The first-order valence-corrected chi connectivity index (χ1v) is 8.46. The molecule has 7 heteroatoms. The van der Waals surface area contributed by atoms with Crippen LogP contribution in [-0.2, 0) is 4.74 Å². The fraction of sp³-hybridized carbons (Fsp3) is 0.571. The molecule has 1 aliphatic rings. The summed E-state index contributed by atoms with van der Waals surface area (Å²) in [4.78, 5) is 3.57. The molecule has 0 atom stereocenters. The zero-order valence-electron chi connectivity index (χ0n) is 12.3. The molecule has 0 spiro atoms. The molecule has 2 N–H and O–H groups in total. The van der Waals surface area contributed by atoms with Crippen molar-refractivity contribution in [3.63, 3.8) is 0 Å². The van der Waals surface area contributed by atoms with Crippen LogP contribution in [0, 0.1) is 0 Å². The first-order chi connectivity index (χ1) is 10.3. The molecule has 0 amide bonds. The number of hydrogen-bond donors (Lipinski definition) is 2. The van der Waals surface area contributed by atoms with Crippen LogP contribution in [0.1, 0.15) is 18.2 Å². The van der Waals surface area contributed by atoms with Gasteiger partial charge < -0.3 is 10.1 Å². The molecular weight excluding hydrogens is 304 g/mol. The zero-order valence-corrected chi connectivity index (χ0v) is 13.9. The SMILES string of the molecule is C/C(=N/NC(=S)NCCCN1CCOCC1)c1cccs1. The Morgan fingerprint density at radius 1 is 1.48 bits per heavy atom. The number of hydrogen-bond acceptors (Lipinski definition) is 5. The summed E-state index contributed by atoms with van der Waals surface area (Å²) in [6.45, 7) is 7.68. The number of nitrogens with zero attached hydrogens (tertiary/aromatic N) is 2. The lowest BCUT2D eigenvalue weighted by atomic mass is 10.3. The molecule has 0 saturated carbocycles. The first kappa shape index (κ1) is 16.4. The Hall–Kier alpha value is -1.02. The number of rotatable bonds is 6. The quantitative estimate of drug-likeness (QED) is 0.360. The van der Waals surface area contributed by atoms with E-state index in [4.69, 9.17) is 17.0 Å². The summed E-state index contributed by atoms with van der Waals surface area (Å²) < 4.78 is 5.33. The molecule has 1 fully saturated rings. The highest BCUT2D eigenvalue weighted by atomic mass is 32.1. The van der Waals surface area contributed by atoms with Crippen LogP contribution in [0.2, 0.25) is 0 Å². The Balaban J connectivity index is 1.58. The third kappa shape index (κ3) is 6.09. The van der Waals surface area contributed by atoms with Crippen LogP contribution in [-0.4, -0.2) is 55.1 Å². The third-order valence-corrected chi connectivity index (χ3v) is 4.46. The van der Waals surface area contributed by atoms with Gasteiger partial charge in [0.25, 0.3) is 0 Å². The molecule has 0 radical (unpaired) electrons. The molecule has 0 unspecified atom stereocenters. The second-order valence-electron chi connectivity index (χ2n) is 4.85. The van der Waals surface area contributed by atoms with Gasteiger partial charge in [0.2, 0.25) is 0 Å². The number of nitrogens with one attached hydrogen (secondary N) is 2. The molecule has 1 aromatic rings. The van der Waals surface area contributed by atoms with Crippen molar-refractivity contribution in [2.24, 2.45) is 5.10 Å². The third-order valence-electron chi connectivity index (χ3n) is 3.24. The van der Waals surface area contributed by atoms with Crippen molar-refractivity contribution in [2.45, 2.75) is 13.3 Å². The Morgan fingerprint density at radius 3 is 3.00 bits per heavy atom. The van der Waals surface area contributed by atoms with E-state index in [2.05, 4.69) is 20.7 Å². The zero-order chi connectivity index (χ0) is 14.9. The van der Waals surface area contributed by atoms with Gasteiger partial charge in [-0.1, -0.05) is 6.07 Å². The smallest absolute Gasteiger partial charge is 0.186 e. The lowest BCUT2D eigenvalue weighted by molar-refractivity contribution is 0.0376. The van der Waals surface area contributed by atoms with E-state index in [1.54, 1.807) is 11.3 Å². The Morgan fingerprint density at radius 2 is 2.29 bits per heavy atom. The van der Waals surface area contributed by atoms with E-state index in [1.807, 2.05) is 24.4 Å². The van der Waals surface area contributed by atoms with Crippen LogP contribution in [0.3, 0.4) is 0 Å². The molecule has 2 rings (SSSR count). The van der Waals surface area contributed by atoms with Crippen LogP contribution >= 0.6 is 23.6 Å². The Kier molecular flexibility index (Phi) is 7.08. The van der Waals surface area contributed by atoms with Crippen molar-refractivity contribution in [3.05, 3.63) is 22.4 Å². The summed E-state index contributed by atoms with van der Waals surface area (Å²) >= 11 is 6.88. The topological polar surface area (TPSA) is 48.9 Å². The Labute approximate surface area is 135 Å². The summed E-state index contributed by atoms with van der Waals surface area (Å²) in [5, 5.41) is 10.1. The van der Waals surface area contributed by atoms with Crippen LogP contribution in [0.4, 0.5) is 0 Å². The van der Waals surface area contributed by atoms with Crippen LogP contribution < -0.4 is 10.7 Å². The summed E-state index contributed by atoms with van der Waals surface area (Å²) in [6, 6.07) is 4.06. The molecule has 2 heterocycles. The van der Waals surface area contributed by atoms with E-state index in [0.717, 1.165) is 56.4 Å². The van der Waals surface area contributed by atoms with Crippen LogP contribution in [0.25, 0.3) is 0 Å². The van der Waals surface area contributed by atoms with Gasteiger partial charge in [0.05, 0.1) is 18.9 Å². The summed E-state index contributed by atoms with van der Waals surface area (Å²) in [7, 11) is 0. The Bertz CT molecular complexity index is 456. The van der Waals surface area contributed by atoms with Gasteiger partial charge in [-0.2, -0.15) is 5.10 Å². The first-order valence-electron chi connectivity index (χ1n) is 7.18. The number of thiophene rings is 1. The minimum absolute atomic E-state index is 0.577. The van der Waals surface area contributed by atoms with Crippen molar-refractivity contribution >= 4 is 34.4 Å². The molecule has 1 saturated heterocycles. The second-order valence-corrected chi connectivity index (χ2v) is 6.21. The molecule has 0 bridgehead atoms. The summed E-state index contributed by atoms with van der Waals surface area (Å²) in [5.41, 5.74) is 3.84. The van der Waals surface area contributed by atoms with Crippen molar-refractivity contribution in [3.8, 4) is 0 Å². The standard InChI is InChI=1S/C14H22N4OS2/c1-12(13-4-2-11-21-13)16-17-14(20)15-5-3-6-18-7-9-19-10-8-18/h2,4,11H,3,5-10H2,1H3,(H2,15,17,20)/b16-12-. The number of ether oxygens (including phenoxy) is 1. The normalized spacial score (nSPS) is 16.7. The fourth-order valence-corrected chi connectivity index (χ4v) is 2.87. The van der Waals surface area contributed by atoms with Gasteiger partial charge in [-0.25, -0.2) is 0 Å².